The van der Waals surface area contributed by atoms with E-state index in [0.29, 0.717) is 11.1 Å². The molecule has 2 heterocycles. The minimum Gasteiger partial charge on any atom is -0.506 e. The topological polar surface area (TPSA) is 85.8 Å². The normalized spacial score (nSPS) is 15.9. The number of carboxylic acid groups (broad SMARTS) is 1. The van der Waals surface area contributed by atoms with Crippen LogP contribution in [-0.2, 0) is 16.8 Å². The number of benzene rings is 4. The number of unbranched alkanes of at least 4 members (excludes halogenated alkanes) is 10. The van der Waals surface area contributed by atoms with Crippen molar-refractivity contribution >= 4 is 67.4 Å². The van der Waals surface area contributed by atoms with Gasteiger partial charge in [-0.15, -0.1) is 0 Å². The van der Waals surface area contributed by atoms with E-state index in [9.17, 15) is 19.8 Å². The minimum absolute atomic E-state index is 0.0484. The second-order valence-corrected chi connectivity index (χ2v) is 18.0. The van der Waals surface area contributed by atoms with Crippen LogP contribution in [0.5, 0.6) is 0 Å². The zero-order valence-electron chi connectivity index (χ0n) is 37.7. The Kier molecular flexibility index (Phi) is 13.9. The van der Waals surface area contributed by atoms with Crippen molar-refractivity contribution in [2.75, 3.05) is 24.5 Å². The van der Waals surface area contributed by atoms with Crippen molar-refractivity contribution in [2.24, 2.45) is 0 Å². The number of carbonyl (C=O) groups excluding carboxylic acids is 1. The molecule has 0 saturated carbocycles. The van der Waals surface area contributed by atoms with E-state index in [-0.39, 0.29) is 17.1 Å². The molecule has 1 aliphatic carbocycles. The van der Waals surface area contributed by atoms with Crippen LogP contribution in [0.2, 0.25) is 0 Å². The number of fused-ring (bicyclic) bond motifs is 3. The number of carbonyl (C=O) groups is 2. The van der Waals surface area contributed by atoms with Crippen molar-refractivity contribution in [2.45, 2.75) is 143 Å². The fourth-order valence-corrected chi connectivity index (χ4v) is 9.97. The van der Waals surface area contributed by atoms with Gasteiger partial charge in [0.05, 0.1) is 22.1 Å². The van der Waals surface area contributed by atoms with Crippen LogP contribution in [0.25, 0.3) is 38.5 Å². The second-order valence-electron chi connectivity index (χ2n) is 18.0. The molecule has 1 aliphatic heterocycles. The van der Waals surface area contributed by atoms with Gasteiger partial charge in [0.15, 0.2) is 5.71 Å². The lowest BCUT2D eigenvalue weighted by Gasteiger charge is -2.26. The zero-order chi connectivity index (χ0) is 43.3. The molecule has 2 N–H and O–H groups in total. The third kappa shape index (κ3) is 8.54. The van der Waals surface area contributed by atoms with Crippen LogP contribution in [0.4, 0.5) is 11.4 Å². The van der Waals surface area contributed by atoms with Crippen LogP contribution in [0.1, 0.15) is 147 Å². The summed E-state index contributed by atoms with van der Waals surface area (Å²) in [5, 5.41) is 28.2. The first-order valence-electron chi connectivity index (χ1n) is 23.5. The number of hydrogen-bond donors (Lipinski definition) is 2. The zero-order valence-corrected chi connectivity index (χ0v) is 37.7. The molecule has 0 atom stereocenters. The summed E-state index contributed by atoms with van der Waals surface area (Å²) in [5.41, 5.74) is 6.10. The number of nitrogens with zero attached hydrogens (tertiary/aromatic N) is 3. The number of rotatable bonds is 22. The molecule has 0 unspecified atom stereocenters. The number of aliphatic hydroxyl groups excluding tert-OH is 1. The quantitative estimate of drug-likeness (QED) is 0.0412. The molecule has 7 nitrogen and oxygen atoms in total. The fraction of sp³-hybridized carbons (Fsp3) is 0.463. The number of hydrogen-bond acceptors (Lipinski definition) is 4. The number of aliphatic hydroxyl groups is 1. The van der Waals surface area contributed by atoms with Gasteiger partial charge in [0.1, 0.15) is 12.3 Å². The SMILES string of the molecule is CCCCCCCC[N+]1=C(/C=C2\C(=O)C(/C=c3\c4cccc5c(N(CCCC)CCCC)ccc(c54)n3CCCCCC)=C2O)C(C)(C)c2c1ccc1cc(C(=O)O)ccc21. The Morgan fingerprint density at radius 2 is 1.43 bits per heavy atom. The van der Waals surface area contributed by atoms with Crippen LogP contribution < -0.4 is 10.2 Å². The first kappa shape index (κ1) is 43.9. The van der Waals surface area contributed by atoms with E-state index < -0.39 is 11.4 Å². The first-order chi connectivity index (χ1) is 29.6. The van der Waals surface area contributed by atoms with Gasteiger partial charge in [0.2, 0.25) is 11.5 Å². The van der Waals surface area contributed by atoms with Crippen molar-refractivity contribution in [1.82, 2.24) is 4.57 Å². The number of aromatic nitrogens is 1. The summed E-state index contributed by atoms with van der Waals surface area (Å²) in [6.07, 6.45) is 20.0. The van der Waals surface area contributed by atoms with Gasteiger partial charge in [0, 0.05) is 76.5 Å². The number of carboxylic acids is 1. The van der Waals surface area contributed by atoms with Crippen LogP contribution in [-0.4, -0.2) is 56.5 Å². The molecular formula is C54H68N3O4+. The lowest BCUT2D eigenvalue weighted by Crippen LogP contribution is -2.31. The van der Waals surface area contributed by atoms with Gasteiger partial charge in [-0.2, -0.15) is 4.58 Å². The molecule has 0 saturated heterocycles. The summed E-state index contributed by atoms with van der Waals surface area (Å²) < 4.78 is 4.74. The molecular weight excluding hydrogens is 755 g/mol. The maximum Gasteiger partial charge on any atom is 0.335 e. The van der Waals surface area contributed by atoms with Gasteiger partial charge in [-0.3, -0.25) is 4.79 Å². The lowest BCUT2D eigenvalue weighted by molar-refractivity contribution is -0.438. The smallest absolute Gasteiger partial charge is 0.335 e. The molecule has 61 heavy (non-hydrogen) atoms. The average Bonchev–Trinajstić information content (AvgIpc) is 3.68. The van der Waals surface area contributed by atoms with E-state index in [1.54, 1.807) is 12.1 Å². The molecule has 322 valence electrons. The molecule has 2 aliphatic rings. The van der Waals surface area contributed by atoms with Crippen molar-refractivity contribution in [3.8, 4) is 0 Å². The number of anilines is 1. The monoisotopic (exact) mass is 823 g/mol. The Morgan fingerprint density at radius 3 is 2.11 bits per heavy atom. The van der Waals surface area contributed by atoms with Crippen molar-refractivity contribution in [3.63, 3.8) is 0 Å². The third-order valence-corrected chi connectivity index (χ3v) is 13.4. The number of ketones is 1. The predicted octanol–water partition coefficient (Wildman–Crippen LogP) is 12.9. The Labute approximate surface area is 363 Å². The van der Waals surface area contributed by atoms with E-state index >= 15 is 0 Å². The van der Waals surface area contributed by atoms with E-state index in [0.717, 1.165) is 122 Å². The standard InChI is InChI=1S/C54H67N3O4/c1-7-11-15-17-18-20-33-57-46-27-25-37-34-38(53(60)61)24-26-39(37)50(46)54(5,6)48(57)36-43-51(58)42(52(43)59)35-47-41-23-21-22-40-44(55(30-13-9-3)31-14-10-4)28-29-45(49(40)41)56(47)32-19-16-12-8-2/h21-29,34-36H,7-20,30-33H2,1-6H3,(H-,58,59,60,61)/p+1. The highest BCUT2D eigenvalue weighted by Crippen LogP contribution is 2.46. The molecule has 4 aromatic carbocycles. The van der Waals surface area contributed by atoms with Gasteiger partial charge in [-0.25, -0.2) is 4.79 Å². The Hall–Kier alpha value is -5.17. The van der Waals surface area contributed by atoms with Crippen molar-refractivity contribution in [3.05, 3.63) is 100 Å². The summed E-state index contributed by atoms with van der Waals surface area (Å²) in [6.45, 7) is 17.0. The molecule has 0 amide bonds. The predicted molar refractivity (Wildman–Crippen MR) is 255 cm³/mol. The Bertz CT molecular complexity index is 2580. The molecule has 0 spiro atoms. The van der Waals surface area contributed by atoms with Crippen LogP contribution in [0.3, 0.4) is 0 Å². The largest absolute Gasteiger partial charge is 0.506 e. The number of allylic oxidation sites excluding steroid dienone is 3. The molecule has 7 rings (SSSR count). The van der Waals surface area contributed by atoms with Gasteiger partial charge in [-0.1, -0.05) is 110 Å². The number of Topliss-reactive ketones (excluding diaryl/α,β-unsaturated/α-hetero) is 1. The molecule has 5 aromatic rings. The minimum atomic E-state index is -0.945. The van der Waals surface area contributed by atoms with Gasteiger partial charge < -0.3 is 19.7 Å². The van der Waals surface area contributed by atoms with Gasteiger partial charge >= 0.3 is 5.97 Å². The molecule has 7 heteroatoms. The fourth-order valence-electron chi connectivity index (χ4n) is 9.97. The highest BCUT2D eigenvalue weighted by molar-refractivity contribution is 6.27. The summed E-state index contributed by atoms with van der Waals surface area (Å²) in [7, 11) is 0. The maximum atomic E-state index is 14.4. The van der Waals surface area contributed by atoms with Crippen LogP contribution >= 0.6 is 0 Å². The Balaban J connectivity index is 1.33. The summed E-state index contributed by atoms with van der Waals surface area (Å²) in [4.78, 5) is 28.9. The van der Waals surface area contributed by atoms with E-state index in [1.807, 2.05) is 24.3 Å². The number of aryl methyl sites for hydroxylation is 1. The van der Waals surface area contributed by atoms with E-state index in [2.05, 4.69) is 92.0 Å². The third-order valence-electron chi connectivity index (χ3n) is 13.4. The van der Waals surface area contributed by atoms with Crippen molar-refractivity contribution < 1.29 is 24.4 Å². The number of aromatic carboxylic acids is 1. The highest BCUT2D eigenvalue weighted by atomic mass is 16.4. The van der Waals surface area contributed by atoms with E-state index in [4.69, 9.17) is 0 Å². The van der Waals surface area contributed by atoms with Gasteiger partial charge in [0.25, 0.3) is 0 Å². The van der Waals surface area contributed by atoms with Crippen molar-refractivity contribution in [1.29, 1.82) is 0 Å². The maximum absolute atomic E-state index is 14.4. The summed E-state index contributed by atoms with van der Waals surface area (Å²) >= 11 is 0. The molecule has 0 fully saturated rings. The van der Waals surface area contributed by atoms with Crippen LogP contribution in [0.15, 0.2) is 83.6 Å². The lowest BCUT2D eigenvalue weighted by atomic mass is 9.77. The van der Waals surface area contributed by atoms with Crippen LogP contribution in [0, 0.1) is 0 Å². The molecule has 0 bridgehead atoms. The highest BCUT2D eigenvalue weighted by Gasteiger charge is 2.47. The molecule has 0 radical (unpaired) electrons. The summed E-state index contributed by atoms with van der Waals surface area (Å²) in [6, 6.07) is 20.7. The second kappa shape index (κ2) is 19.3. The van der Waals surface area contributed by atoms with E-state index in [1.165, 1.54) is 54.1 Å². The average molecular weight is 823 g/mol. The van der Waals surface area contributed by atoms with Gasteiger partial charge in [-0.05, 0) is 86.7 Å². The summed E-state index contributed by atoms with van der Waals surface area (Å²) in [5.74, 6) is -1.04. The Morgan fingerprint density at radius 1 is 0.754 bits per heavy atom. The first-order valence-corrected chi connectivity index (χ1v) is 23.5. The molecule has 1 aromatic heterocycles.